The second-order valence-electron chi connectivity index (χ2n) is 6.03. The zero-order valence-corrected chi connectivity index (χ0v) is 17.7. The second kappa shape index (κ2) is 22.3. The molecule has 0 rings (SSSR count). The maximum Gasteiger partial charge on any atom is 0.220 e. The molecule has 0 aromatic carbocycles. The normalized spacial score (nSPS) is 12.8. The Balaban J connectivity index is 3.54. The molecule has 0 aliphatic heterocycles. The fourth-order valence-corrected chi connectivity index (χ4v) is 2.25. The fourth-order valence-electron chi connectivity index (χ4n) is 2.14. The van der Waals surface area contributed by atoms with Crippen LogP contribution in [0.15, 0.2) is 72.9 Å². The molecule has 0 saturated carbocycles. The lowest BCUT2D eigenvalue weighted by atomic mass is 10.2. The van der Waals surface area contributed by atoms with Crippen molar-refractivity contribution < 1.29 is 4.79 Å². The van der Waals surface area contributed by atoms with Crippen molar-refractivity contribution in [3.63, 3.8) is 0 Å². The molecule has 1 N–H and O–H groups in total. The Kier molecular flexibility index (Phi) is 20.9. The average Bonchev–Trinajstić information content (AvgIpc) is 2.68. The highest BCUT2D eigenvalue weighted by molar-refractivity contribution is 7.80. The summed E-state index contributed by atoms with van der Waals surface area (Å²) in [5.74, 6) is 0.787. The maximum atomic E-state index is 11.4. The first-order valence-corrected chi connectivity index (χ1v) is 10.7. The number of thiol groups is 1. The summed E-state index contributed by atoms with van der Waals surface area (Å²) >= 11 is 4.06. The zero-order chi connectivity index (χ0) is 19.8. The molecule has 0 aromatic heterocycles. The van der Waals surface area contributed by atoms with E-state index in [-0.39, 0.29) is 5.91 Å². The fraction of sp³-hybridized carbons (Fsp3) is 0.458. The lowest BCUT2D eigenvalue weighted by molar-refractivity contribution is -0.120. The molecule has 3 heteroatoms. The van der Waals surface area contributed by atoms with Crippen molar-refractivity contribution in [1.29, 1.82) is 0 Å². The van der Waals surface area contributed by atoms with Crippen molar-refractivity contribution >= 4 is 18.5 Å². The van der Waals surface area contributed by atoms with Crippen LogP contribution in [0.2, 0.25) is 0 Å². The Morgan fingerprint density at radius 2 is 1.11 bits per heavy atom. The van der Waals surface area contributed by atoms with E-state index >= 15 is 0 Å². The van der Waals surface area contributed by atoms with Crippen molar-refractivity contribution in [2.75, 3.05) is 12.3 Å². The van der Waals surface area contributed by atoms with Crippen molar-refractivity contribution in [2.45, 2.75) is 58.3 Å². The topological polar surface area (TPSA) is 29.1 Å². The smallest absolute Gasteiger partial charge is 0.220 e. The van der Waals surface area contributed by atoms with E-state index < -0.39 is 0 Å². The van der Waals surface area contributed by atoms with Crippen molar-refractivity contribution in [2.24, 2.45) is 0 Å². The molecule has 150 valence electrons. The van der Waals surface area contributed by atoms with Crippen molar-refractivity contribution in [3.8, 4) is 0 Å². The van der Waals surface area contributed by atoms with E-state index in [1.54, 1.807) is 0 Å². The van der Waals surface area contributed by atoms with Gasteiger partial charge in [0.2, 0.25) is 5.91 Å². The van der Waals surface area contributed by atoms with Crippen LogP contribution in [0.25, 0.3) is 0 Å². The van der Waals surface area contributed by atoms with E-state index in [1.807, 2.05) is 0 Å². The molecule has 0 saturated heterocycles. The number of rotatable bonds is 16. The number of hydrogen-bond donors (Lipinski definition) is 2. The minimum atomic E-state index is 0.101. The Hall–Kier alpha value is -1.74. The summed E-state index contributed by atoms with van der Waals surface area (Å²) in [7, 11) is 0. The molecule has 0 unspecified atom stereocenters. The summed E-state index contributed by atoms with van der Waals surface area (Å²) in [5, 5.41) is 2.81. The predicted octanol–water partition coefficient (Wildman–Crippen LogP) is 6.51. The van der Waals surface area contributed by atoms with Crippen molar-refractivity contribution in [1.82, 2.24) is 5.32 Å². The summed E-state index contributed by atoms with van der Waals surface area (Å²) in [4.78, 5) is 11.4. The van der Waals surface area contributed by atoms with Gasteiger partial charge in [-0.2, -0.15) is 12.6 Å². The molecule has 0 fully saturated rings. The molecule has 0 radical (unpaired) electrons. The predicted molar refractivity (Wildman–Crippen MR) is 124 cm³/mol. The third kappa shape index (κ3) is 22.2. The summed E-state index contributed by atoms with van der Waals surface area (Å²) in [6, 6.07) is 0. The highest BCUT2D eigenvalue weighted by atomic mass is 32.1. The van der Waals surface area contributed by atoms with E-state index in [0.29, 0.717) is 18.7 Å². The molecule has 0 spiro atoms. The third-order valence-electron chi connectivity index (χ3n) is 3.57. The molecule has 2 nitrogen and oxygen atoms in total. The summed E-state index contributed by atoms with van der Waals surface area (Å²) in [6.45, 7) is 2.80. The van der Waals surface area contributed by atoms with E-state index in [4.69, 9.17) is 0 Å². The second-order valence-corrected chi connectivity index (χ2v) is 6.47. The van der Waals surface area contributed by atoms with Gasteiger partial charge in [0.05, 0.1) is 0 Å². The highest BCUT2D eigenvalue weighted by Crippen LogP contribution is 1.97. The van der Waals surface area contributed by atoms with Crippen LogP contribution in [0.1, 0.15) is 58.3 Å². The highest BCUT2D eigenvalue weighted by Gasteiger charge is 1.96. The monoisotopic (exact) mass is 387 g/mol. The first kappa shape index (κ1) is 25.3. The van der Waals surface area contributed by atoms with Crippen LogP contribution in [0.5, 0.6) is 0 Å². The van der Waals surface area contributed by atoms with E-state index in [1.165, 1.54) is 0 Å². The van der Waals surface area contributed by atoms with Gasteiger partial charge in [0.1, 0.15) is 0 Å². The van der Waals surface area contributed by atoms with Crippen LogP contribution in [0.4, 0.5) is 0 Å². The molecule has 0 atom stereocenters. The Morgan fingerprint density at radius 3 is 1.52 bits per heavy atom. The molecule has 0 aliphatic carbocycles. The minimum absolute atomic E-state index is 0.101. The molecule has 0 aliphatic rings. The van der Waals surface area contributed by atoms with Crippen LogP contribution in [0.3, 0.4) is 0 Å². The number of allylic oxidation sites excluding steroid dienone is 12. The van der Waals surface area contributed by atoms with Gasteiger partial charge in [-0.1, -0.05) is 79.8 Å². The van der Waals surface area contributed by atoms with E-state index in [9.17, 15) is 4.79 Å². The van der Waals surface area contributed by atoms with Gasteiger partial charge in [-0.15, -0.1) is 0 Å². The SMILES string of the molecule is CC/C=C\C/C=C\C/C=C\C/C=C\C/C=C\C/C=C\CCC(=O)NCCS. The molecular formula is C24H37NOS. The van der Waals surface area contributed by atoms with E-state index in [0.717, 1.165) is 44.9 Å². The number of hydrogen-bond acceptors (Lipinski definition) is 2. The largest absolute Gasteiger partial charge is 0.355 e. The first-order valence-electron chi connectivity index (χ1n) is 10.1. The standard InChI is InChI=1S/C24H37NOS/c1-2-3-4-5-6-7-8-9-10-11-12-13-14-15-16-17-18-19-20-21-24(26)25-22-23-27/h3-4,6-7,9-10,12-13,15-16,18-19,27H,2,5,8,11,14,17,20-23H2,1H3,(H,25,26)/b4-3-,7-6-,10-9-,13-12-,16-15-,19-18-. The lowest BCUT2D eigenvalue weighted by Gasteiger charge is -1.99. The van der Waals surface area contributed by atoms with Crippen LogP contribution in [-0.4, -0.2) is 18.2 Å². The number of carbonyl (C=O) groups is 1. The van der Waals surface area contributed by atoms with Crippen LogP contribution in [-0.2, 0) is 4.79 Å². The van der Waals surface area contributed by atoms with Gasteiger partial charge in [-0.3, -0.25) is 4.79 Å². The minimum Gasteiger partial charge on any atom is -0.355 e. The van der Waals surface area contributed by atoms with Gasteiger partial charge in [-0.05, 0) is 44.9 Å². The summed E-state index contributed by atoms with van der Waals surface area (Å²) in [5.41, 5.74) is 0. The van der Waals surface area contributed by atoms with Gasteiger partial charge < -0.3 is 5.32 Å². The van der Waals surface area contributed by atoms with Gasteiger partial charge in [0, 0.05) is 18.7 Å². The quantitative estimate of drug-likeness (QED) is 0.229. The third-order valence-corrected chi connectivity index (χ3v) is 3.79. The van der Waals surface area contributed by atoms with Gasteiger partial charge in [-0.25, -0.2) is 0 Å². The van der Waals surface area contributed by atoms with Crippen LogP contribution in [0, 0.1) is 0 Å². The summed E-state index contributed by atoms with van der Waals surface area (Å²) in [6.07, 6.45) is 33.6. The van der Waals surface area contributed by atoms with Gasteiger partial charge in [0.15, 0.2) is 0 Å². The first-order chi connectivity index (χ1) is 13.3. The Bertz CT molecular complexity index is 512. The molecule has 0 aromatic rings. The molecule has 0 bridgehead atoms. The summed E-state index contributed by atoms with van der Waals surface area (Å²) < 4.78 is 0. The molecule has 0 heterocycles. The Morgan fingerprint density at radius 1 is 0.704 bits per heavy atom. The number of carbonyl (C=O) groups excluding carboxylic acids is 1. The van der Waals surface area contributed by atoms with E-state index in [2.05, 4.69) is 97.8 Å². The zero-order valence-electron chi connectivity index (χ0n) is 16.9. The molecule has 1 amide bonds. The number of amides is 1. The Labute approximate surface area is 172 Å². The van der Waals surface area contributed by atoms with Gasteiger partial charge in [0.25, 0.3) is 0 Å². The van der Waals surface area contributed by atoms with Gasteiger partial charge >= 0.3 is 0 Å². The average molecular weight is 388 g/mol. The lowest BCUT2D eigenvalue weighted by Crippen LogP contribution is -2.24. The van der Waals surface area contributed by atoms with Crippen LogP contribution >= 0.6 is 12.6 Å². The maximum absolute atomic E-state index is 11.4. The van der Waals surface area contributed by atoms with Crippen LogP contribution < -0.4 is 5.32 Å². The molecule has 27 heavy (non-hydrogen) atoms. The molecular weight excluding hydrogens is 350 g/mol. The number of nitrogens with one attached hydrogen (secondary N) is 1. The van der Waals surface area contributed by atoms with Crippen molar-refractivity contribution in [3.05, 3.63) is 72.9 Å².